The lowest BCUT2D eigenvalue weighted by Gasteiger charge is -2.12. The van der Waals surface area contributed by atoms with E-state index in [0.29, 0.717) is 11.4 Å². The first kappa shape index (κ1) is 11.1. The van der Waals surface area contributed by atoms with Gasteiger partial charge in [0, 0.05) is 0 Å². The second-order valence-corrected chi connectivity index (χ2v) is 3.96. The number of unbranched alkanes of at least 4 members (excludes halogenated alkanes) is 2. The van der Waals surface area contributed by atoms with Crippen LogP contribution in [0.3, 0.4) is 0 Å². The molecule has 1 atom stereocenters. The smallest absolute Gasteiger partial charge is 0.250 e. The van der Waals surface area contributed by atoms with Crippen LogP contribution in [0.4, 0.5) is 5.69 Å². The topological polar surface area (TPSA) is 64.4 Å². The molecule has 0 fully saturated rings. The van der Waals surface area contributed by atoms with Crippen molar-refractivity contribution in [1.29, 1.82) is 0 Å². The quantitative estimate of drug-likeness (QED) is 0.797. The molecule has 2 rings (SSSR count). The van der Waals surface area contributed by atoms with Gasteiger partial charge in [-0.3, -0.25) is 4.79 Å². The van der Waals surface area contributed by atoms with Gasteiger partial charge in [0.1, 0.15) is 30.4 Å². The van der Waals surface area contributed by atoms with Gasteiger partial charge in [0.05, 0.1) is 0 Å². The molecular formula is C11H16N2O3. The average molecular weight is 224 g/mol. The van der Waals surface area contributed by atoms with E-state index in [4.69, 9.17) is 9.26 Å². The summed E-state index contributed by atoms with van der Waals surface area (Å²) in [7, 11) is 0. The molecule has 0 saturated carbocycles. The number of anilines is 1. The van der Waals surface area contributed by atoms with Gasteiger partial charge in [-0.2, -0.15) is 0 Å². The maximum Gasteiger partial charge on any atom is 0.250 e. The summed E-state index contributed by atoms with van der Waals surface area (Å²) in [5.74, 6) is -0.151. The number of hydrogen-bond donors (Lipinski definition) is 1. The van der Waals surface area contributed by atoms with E-state index in [1.54, 1.807) is 0 Å². The third kappa shape index (κ3) is 2.41. The highest BCUT2D eigenvalue weighted by atomic mass is 16.5. The summed E-state index contributed by atoms with van der Waals surface area (Å²) in [6.07, 6.45) is 5.60. The third-order valence-corrected chi connectivity index (χ3v) is 2.66. The van der Waals surface area contributed by atoms with Crippen LogP contribution in [0.1, 0.15) is 44.4 Å². The summed E-state index contributed by atoms with van der Waals surface area (Å²) in [4.78, 5) is 11.3. The highest BCUT2D eigenvalue weighted by molar-refractivity contribution is 5.92. The summed E-state index contributed by atoms with van der Waals surface area (Å²) in [5.41, 5.74) is 1.35. The van der Waals surface area contributed by atoms with Gasteiger partial charge in [-0.15, -0.1) is 0 Å². The Bertz CT molecular complexity index is 362. The van der Waals surface area contributed by atoms with Crippen molar-refractivity contribution in [1.82, 2.24) is 5.16 Å². The van der Waals surface area contributed by atoms with Gasteiger partial charge >= 0.3 is 0 Å². The SMILES string of the molecule is CCCCCC1OCC(=O)Nc2conc21. The van der Waals surface area contributed by atoms with Crippen LogP contribution in [0.15, 0.2) is 10.8 Å². The Morgan fingerprint density at radius 2 is 2.44 bits per heavy atom. The Labute approximate surface area is 94.1 Å². The van der Waals surface area contributed by atoms with Crippen LogP contribution in [-0.2, 0) is 9.53 Å². The maximum atomic E-state index is 11.3. The minimum absolute atomic E-state index is 0.0904. The molecule has 1 amide bonds. The monoisotopic (exact) mass is 224 g/mol. The van der Waals surface area contributed by atoms with Crippen molar-refractivity contribution < 1.29 is 14.1 Å². The van der Waals surface area contributed by atoms with Gasteiger partial charge < -0.3 is 14.6 Å². The van der Waals surface area contributed by atoms with E-state index in [-0.39, 0.29) is 18.6 Å². The van der Waals surface area contributed by atoms with Crippen LogP contribution in [-0.4, -0.2) is 17.7 Å². The fourth-order valence-corrected chi connectivity index (χ4v) is 1.81. The number of ether oxygens (including phenoxy) is 1. The molecule has 0 bridgehead atoms. The van der Waals surface area contributed by atoms with Crippen LogP contribution in [0.25, 0.3) is 0 Å². The molecule has 5 heteroatoms. The standard InChI is InChI=1S/C11H16N2O3/c1-2-3-4-5-9-11-8(6-16-13-11)12-10(14)7-15-9/h6,9H,2-5,7H2,1H3,(H,12,14). The summed E-state index contributed by atoms with van der Waals surface area (Å²) in [6, 6.07) is 0. The zero-order valence-electron chi connectivity index (χ0n) is 9.36. The first-order chi connectivity index (χ1) is 7.81. The largest absolute Gasteiger partial charge is 0.362 e. The molecular weight excluding hydrogens is 208 g/mol. The number of hydrogen-bond acceptors (Lipinski definition) is 4. The molecule has 2 heterocycles. The van der Waals surface area contributed by atoms with Crippen molar-refractivity contribution >= 4 is 11.6 Å². The van der Waals surface area contributed by atoms with Gasteiger partial charge in [-0.05, 0) is 6.42 Å². The number of fused-ring (bicyclic) bond motifs is 1. The highest BCUT2D eigenvalue weighted by Crippen LogP contribution is 2.30. The molecule has 0 spiro atoms. The van der Waals surface area contributed by atoms with E-state index >= 15 is 0 Å². The Balaban J connectivity index is 2.06. The second-order valence-electron chi connectivity index (χ2n) is 3.96. The Morgan fingerprint density at radius 3 is 3.25 bits per heavy atom. The summed E-state index contributed by atoms with van der Waals surface area (Å²) >= 11 is 0. The summed E-state index contributed by atoms with van der Waals surface area (Å²) < 4.78 is 10.4. The van der Waals surface area contributed by atoms with Crippen molar-refractivity contribution in [3.63, 3.8) is 0 Å². The van der Waals surface area contributed by atoms with Crippen LogP contribution in [0.5, 0.6) is 0 Å². The lowest BCUT2D eigenvalue weighted by Crippen LogP contribution is -2.15. The second kappa shape index (κ2) is 5.12. The van der Waals surface area contributed by atoms with Gasteiger partial charge in [-0.25, -0.2) is 0 Å². The van der Waals surface area contributed by atoms with Crippen LogP contribution in [0, 0.1) is 0 Å². The van der Waals surface area contributed by atoms with E-state index in [2.05, 4.69) is 17.4 Å². The normalized spacial score (nSPS) is 20.1. The predicted molar refractivity (Wildman–Crippen MR) is 58.0 cm³/mol. The highest BCUT2D eigenvalue weighted by Gasteiger charge is 2.25. The third-order valence-electron chi connectivity index (χ3n) is 2.66. The molecule has 5 nitrogen and oxygen atoms in total. The molecule has 1 unspecified atom stereocenters. The number of nitrogens with one attached hydrogen (secondary N) is 1. The molecule has 1 N–H and O–H groups in total. The van der Waals surface area contributed by atoms with Crippen molar-refractivity contribution in [2.24, 2.45) is 0 Å². The molecule has 16 heavy (non-hydrogen) atoms. The molecule has 1 aliphatic rings. The average Bonchev–Trinajstić information content (AvgIpc) is 2.66. The minimum atomic E-state index is -0.151. The van der Waals surface area contributed by atoms with Gasteiger partial charge in [-0.1, -0.05) is 31.3 Å². The van der Waals surface area contributed by atoms with Crippen LogP contribution in [0.2, 0.25) is 0 Å². The lowest BCUT2D eigenvalue weighted by atomic mass is 10.1. The molecule has 0 aromatic carbocycles. The van der Waals surface area contributed by atoms with E-state index in [9.17, 15) is 4.79 Å². The van der Waals surface area contributed by atoms with E-state index < -0.39 is 0 Å². The van der Waals surface area contributed by atoms with Crippen molar-refractivity contribution in [2.75, 3.05) is 11.9 Å². The predicted octanol–water partition coefficient (Wildman–Crippen LogP) is 2.26. The number of nitrogens with zero attached hydrogens (tertiary/aromatic N) is 1. The Kier molecular flexibility index (Phi) is 3.56. The molecule has 1 aliphatic heterocycles. The van der Waals surface area contributed by atoms with Crippen molar-refractivity contribution in [3.8, 4) is 0 Å². The first-order valence-electron chi connectivity index (χ1n) is 5.67. The molecule has 0 aliphatic carbocycles. The van der Waals surface area contributed by atoms with Gasteiger partial charge in [0.2, 0.25) is 0 Å². The zero-order chi connectivity index (χ0) is 11.4. The van der Waals surface area contributed by atoms with Gasteiger partial charge in [0.15, 0.2) is 0 Å². The molecule has 0 radical (unpaired) electrons. The van der Waals surface area contributed by atoms with E-state index in [0.717, 1.165) is 25.7 Å². The summed E-state index contributed by atoms with van der Waals surface area (Å²) in [6.45, 7) is 2.24. The molecule has 1 aromatic heterocycles. The number of amides is 1. The maximum absolute atomic E-state index is 11.3. The van der Waals surface area contributed by atoms with E-state index in [1.165, 1.54) is 6.26 Å². The number of aromatic nitrogens is 1. The Hall–Kier alpha value is -1.36. The van der Waals surface area contributed by atoms with E-state index in [1.807, 2.05) is 0 Å². The lowest BCUT2D eigenvalue weighted by molar-refractivity contribution is -0.122. The zero-order valence-corrected chi connectivity index (χ0v) is 9.36. The number of rotatable bonds is 4. The number of carbonyl (C=O) groups excluding carboxylic acids is 1. The minimum Gasteiger partial charge on any atom is -0.362 e. The molecule has 0 saturated heterocycles. The van der Waals surface area contributed by atoms with Crippen LogP contribution < -0.4 is 5.32 Å². The summed E-state index contributed by atoms with van der Waals surface area (Å²) in [5, 5.41) is 6.60. The van der Waals surface area contributed by atoms with Crippen molar-refractivity contribution in [2.45, 2.75) is 38.7 Å². The number of carbonyl (C=O) groups is 1. The van der Waals surface area contributed by atoms with Crippen LogP contribution >= 0.6 is 0 Å². The fraction of sp³-hybridized carbons (Fsp3) is 0.636. The fourth-order valence-electron chi connectivity index (χ4n) is 1.81. The molecule has 88 valence electrons. The van der Waals surface area contributed by atoms with Gasteiger partial charge in [0.25, 0.3) is 5.91 Å². The van der Waals surface area contributed by atoms with Crippen molar-refractivity contribution in [3.05, 3.63) is 12.0 Å². The first-order valence-corrected chi connectivity index (χ1v) is 5.67. The Morgan fingerprint density at radius 1 is 1.56 bits per heavy atom. The molecule has 1 aromatic rings.